The topological polar surface area (TPSA) is 35.5 Å². The standard InChI is InChI=1S/C15H30N2O/c1-3-14-7-5-10-17(14)11-8-13-6-4-9-15(13,12-18)16-2/h13-14,16,18H,3-12H2,1-2H3. The molecule has 1 aliphatic heterocycles. The third-order valence-electron chi connectivity index (χ3n) is 5.47. The molecule has 1 saturated heterocycles. The van der Waals surface area contributed by atoms with Gasteiger partial charge in [0.2, 0.25) is 0 Å². The molecule has 1 aliphatic carbocycles. The van der Waals surface area contributed by atoms with Crippen LogP contribution in [0, 0.1) is 5.92 Å². The van der Waals surface area contributed by atoms with E-state index < -0.39 is 0 Å². The summed E-state index contributed by atoms with van der Waals surface area (Å²) in [6.45, 7) is 5.12. The second-order valence-corrected chi connectivity index (χ2v) is 6.18. The van der Waals surface area contributed by atoms with E-state index in [1.807, 2.05) is 7.05 Å². The fraction of sp³-hybridized carbons (Fsp3) is 1.00. The molecule has 18 heavy (non-hydrogen) atoms. The largest absolute Gasteiger partial charge is 0.394 e. The van der Waals surface area contributed by atoms with E-state index in [0.29, 0.717) is 12.5 Å². The van der Waals surface area contributed by atoms with Crippen LogP contribution in [0.4, 0.5) is 0 Å². The molecule has 0 bridgehead atoms. The predicted octanol–water partition coefficient (Wildman–Crippen LogP) is 2.00. The van der Waals surface area contributed by atoms with Gasteiger partial charge in [0.15, 0.2) is 0 Å². The first kappa shape index (κ1) is 14.3. The SMILES string of the molecule is CCC1CCCN1CCC1CCCC1(CO)NC. The quantitative estimate of drug-likeness (QED) is 0.761. The Labute approximate surface area is 112 Å². The lowest BCUT2D eigenvalue weighted by Gasteiger charge is -2.35. The lowest BCUT2D eigenvalue weighted by atomic mass is 9.85. The van der Waals surface area contributed by atoms with Crippen LogP contribution in [0.1, 0.15) is 51.9 Å². The molecule has 0 amide bonds. The first-order valence-electron chi connectivity index (χ1n) is 7.79. The van der Waals surface area contributed by atoms with E-state index in [4.69, 9.17) is 0 Å². The molecule has 1 saturated carbocycles. The molecule has 2 fully saturated rings. The van der Waals surface area contributed by atoms with Crippen molar-refractivity contribution in [2.75, 3.05) is 26.7 Å². The Balaban J connectivity index is 1.85. The maximum absolute atomic E-state index is 9.70. The molecule has 106 valence electrons. The Morgan fingerprint density at radius 1 is 1.33 bits per heavy atom. The summed E-state index contributed by atoms with van der Waals surface area (Å²) in [6, 6.07) is 0.824. The van der Waals surface area contributed by atoms with Gasteiger partial charge in [-0.3, -0.25) is 0 Å². The van der Waals surface area contributed by atoms with Crippen molar-refractivity contribution in [1.29, 1.82) is 0 Å². The minimum atomic E-state index is 0.0153. The summed E-state index contributed by atoms with van der Waals surface area (Å²) in [5.74, 6) is 0.658. The van der Waals surface area contributed by atoms with Crippen LogP contribution in [0.25, 0.3) is 0 Å². The van der Waals surface area contributed by atoms with Crippen LogP contribution in [0.3, 0.4) is 0 Å². The Bertz CT molecular complexity index is 253. The van der Waals surface area contributed by atoms with Crippen molar-refractivity contribution in [1.82, 2.24) is 10.2 Å². The molecular weight excluding hydrogens is 224 g/mol. The zero-order chi connectivity index (χ0) is 13.0. The van der Waals surface area contributed by atoms with Gasteiger partial charge in [-0.05, 0) is 64.6 Å². The molecule has 2 aliphatic rings. The number of nitrogens with zero attached hydrogens (tertiary/aromatic N) is 1. The number of nitrogens with one attached hydrogen (secondary N) is 1. The highest BCUT2D eigenvalue weighted by molar-refractivity contribution is 4.98. The Morgan fingerprint density at radius 2 is 2.17 bits per heavy atom. The number of likely N-dealkylation sites (tertiary alicyclic amines) is 1. The molecule has 3 atom stereocenters. The average Bonchev–Trinajstić information content (AvgIpc) is 3.02. The van der Waals surface area contributed by atoms with E-state index in [2.05, 4.69) is 17.1 Å². The number of rotatable bonds is 6. The van der Waals surface area contributed by atoms with Crippen LogP contribution in [0.15, 0.2) is 0 Å². The molecule has 0 aromatic heterocycles. The molecule has 2 rings (SSSR count). The van der Waals surface area contributed by atoms with Gasteiger partial charge >= 0.3 is 0 Å². The normalized spacial score (nSPS) is 37.5. The molecular formula is C15H30N2O. The summed E-state index contributed by atoms with van der Waals surface area (Å²) in [4.78, 5) is 2.68. The van der Waals surface area contributed by atoms with E-state index in [1.165, 1.54) is 51.6 Å². The minimum absolute atomic E-state index is 0.0153. The van der Waals surface area contributed by atoms with Crippen molar-refractivity contribution in [2.24, 2.45) is 5.92 Å². The van der Waals surface area contributed by atoms with Crippen molar-refractivity contribution in [3.05, 3.63) is 0 Å². The van der Waals surface area contributed by atoms with Gasteiger partial charge in [-0.25, -0.2) is 0 Å². The van der Waals surface area contributed by atoms with E-state index in [0.717, 1.165) is 12.5 Å². The Hall–Kier alpha value is -0.120. The summed E-state index contributed by atoms with van der Waals surface area (Å²) in [6.07, 6.45) is 9.00. The van der Waals surface area contributed by atoms with Crippen LogP contribution in [0.5, 0.6) is 0 Å². The summed E-state index contributed by atoms with van der Waals surface area (Å²) in [7, 11) is 2.01. The zero-order valence-corrected chi connectivity index (χ0v) is 12.1. The van der Waals surface area contributed by atoms with Crippen LogP contribution < -0.4 is 5.32 Å². The van der Waals surface area contributed by atoms with Crippen molar-refractivity contribution in [3.8, 4) is 0 Å². The zero-order valence-electron chi connectivity index (χ0n) is 12.1. The maximum Gasteiger partial charge on any atom is 0.0615 e. The van der Waals surface area contributed by atoms with Crippen molar-refractivity contribution < 1.29 is 5.11 Å². The number of hydrogen-bond acceptors (Lipinski definition) is 3. The first-order valence-corrected chi connectivity index (χ1v) is 7.79. The van der Waals surface area contributed by atoms with Gasteiger partial charge in [-0.15, -0.1) is 0 Å². The monoisotopic (exact) mass is 254 g/mol. The molecule has 0 aromatic carbocycles. The smallest absolute Gasteiger partial charge is 0.0615 e. The van der Waals surface area contributed by atoms with Gasteiger partial charge in [0.25, 0.3) is 0 Å². The first-order chi connectivity index (χ1) is 8.75. The van der Waals surface area contributed by atoms with E-state index in [1.54, 1.807) is 0 Å². The summed E-state index contributed by atoms with van der Waals surface area (Å²) >= 11 is 0. The lowest BCUT2D eigenvalue weighted by Crippen LogP contribution is -2.50. The van der Waals surface area contributed by atoms with E-state index >= 15 is 0 Å². The molecule has 1 heterocycles. The molecule has 3 nitrogen and oxygen atoms in total. The van der Waals surface area contributed by atoms with Crippen molar-refractivity contribution >= 4 is 0 Å². The van der Waals surface area contributed by atoms with Gasteiger partial charge in [0.05, 0.1) is 6.61 Å². The van der Waals surface area contributed by atoms with Gasteiger partial charge in [-0.2, -0.15) is 0 Å². The van der Waals surface area contributed by atoms with Gasteiger partial charge < -0.3 is 15.3 Å². The van der Waals surface area contributed by atoms with Crippen LogP contribution in [-0.4, -0.2) is 48.3 Å². The highest BCUT2D eigenvalue weighted by atomic mass is 16.3. The summed E-state index contributed by atoms with van der Waals surface area (Å²) in [5.41, 5.74) is 0.0153. The molecule has 2 N–H and O–H groups in total. The fourth-order valence-corrected chi connectivity index (χ4v) is 4.15. The Morgan fingerprint density at radius 3 is 2.83 bits per heavy atom. The van der Waals surface area contributed by atoms with Gasteiger partial charge in [0, 0.05) is 11.6 Å². The van der Waals surface area contributed by atoms with E-state index in [9.17, 15) is 5.11 Å². The number of hydrogen-bond donors (Lipinski definition) is 2. The second kappa shape index (κ2) is 6.36. The molecule has 3 unspecified atom stereocenters. The van der Waals surface area contributed by atoms with Crippen molar-refractivity contribution in [3.63, 3.8) is 0 Å². The van der Waals surface area contributed by atoms with Crippen LogP contribution >= 0.6 is 0 Å². The lowest BCUT2D eigenvalue weighted by molar-refractivity contribution is 0.116. The highest BCUT2D eigenvalue weighted by Crippen LogP contribution is 2.38. The highest BCUT2D eigenvalue weighted by Gasteiger charge is 2.41. The second-order valence-electron chi connectivity index (χ2n) is 6.18. The van der Waals surface area contributed by atoms with Crippen LogP contribution in [0.2, 0.25) is 0 Å². The maximum atomic E-state index is 9.70. The number of aliphatic hydroxyl groups excluding tert-OH is 1. The van der Waals surface area contributed by atoms with Gasteiger partial charge in [-0.1, -0.05) is 13.3 Å². The predicted molar refractivity (Wildman–Crippen MR) is 75.7 cm³/mol. The molecule has 0 spiro atoms. The summed E-state index contributed by atoms with van der Waals surface area (Å²) < 4.78 is 0. The number of likely N-dealkylation sites (N-methyl/N-ethyl adjacent to an activating group) is 1. The van der Waals surface area contributed by atoms with Crippen LogP contribution in [-0.2, 0) is 0 Å². The average molecular weight is 254 g/mol. The summed E-state index contributed by atoms with van der Waals surface area (Å²) in [5, 5.41) is 13.1. The minimum Gasteiger partial charge on any atom is -0.394 e. The fourth-order valence-electron chi connectivity index (χ4n) is 4.15. The molecule has 0 aromatic rings. The number of aliphatic hydroxyl groups is 1. The van der Waals surface area contributed by atoms with Crippen molar-refractivity contribution in [2.45, 2.75) is 63.5 Å². The Kier molecular flexibility index (Phi) is 5.05. The van der Waals surface area contributed by atoms with Gasteiger partial charge in [0.1, 0.15) is 0 Å². The molecule has 0 radical (unpaired) electrons. The third kappa shape index (κ3) is 2.73. The molecule has 3 heteroatoms. The van der Waals surface area contributed by atoms with E-state index in [-0.39, 0.29) is 5.54 Å². The third-order valence-corrected chi connectivity index (χ3v) is 5.47.